The molecule has 0 aromatic carbocycles. The minimum atomic E-state index is -0.722. The Bertz CT molecular complexity index is 294. The first kappa shape index (κ1) is 16.4. The van der Waals surface area contributed by atoms with Gasteiger partial charge in [0.2, 0.25) is 0 Å². The standard InChI is InChI=1S/C14H29N3O2/c1-12(10-15)11-16-6-5-7-17(9-8-16)13(18)14(2,3)19-4/h12H,5-11,15H2,1-4H3. The number of nitrogens with two attached hydrogens (primary N) is 1. The van der Waals surface area contributed by atoms with E-state index in [-0.39, 0.29) is 5.91 Å². The number of carbonyl (C=O) groups excluding carboxylic acids is 1. The molecule has 1 fully saturated rings. The molecule has 1 rings (SSSR count). The Hall–Kier alpha value is -0.650. The van der Waals surface area contributed by atoms with Gasteiger partial charge in [-0.3, -0.25) is 4.79 Å². The number of rotatable bonds is 5. The smallest absolute Gasteiger partial charge is 0.254 e. The monoisotopic (exact) mass is 271 g/mol. The molecule has 5 heteroatoms. The molecule has 0 spiro atoms. The van der Waals surface area contributed by atoms with E-state index >= 15 is 0 Å². The van der Waals surface area contributed by atoms with E-state index in [1.165, 1.54) is 0 Å². The van der Waals surface area contributed by atoms with Crippen molar-refractivity contribution in [2.45, 2.75) is 32.8 Å². The van der Waals surface area contributed by atoms with Crippen LogP contribution in [0.15, 0.2) is 0 Å². The van der Waals surface area contributed by atoms with Crippen LogP contribution < -0.4 is 5.73 Å². The molecule has 1 aliphatic heterocycles. The van der Waals surface area contributed by atoms with Crippen LogP contribution in [-0.4, -0.2) is 67.7 Å². The number of hydrogen-bond acceptors (Lipinski definition) is 4. The molecular weight excluding hydrogens is 242 g/mol. The molecule has 0 aliphatic carbocycles. The lowest BCUT2D eigenvalue weighted by atomic mass is 10.1. The third kappa shape index (κ3) is 4.75. The topological polar surface area (TPSA) is 58.8 Å². The SMILES string of the molecule is COC(C)(C)C(=O)N1CCCN(CC(C)CN)CC1. The molecular formula is C14H29N3O2. The van der Waals surface area contributed by atoms with Crippen LogP contribution in [0.3, 0.4) is 0 Å². The van der Waals surface area contributed by atoms with Gasteiger partial charge in [-0.2, -0.15) is 0 Å². The highest BCUT2D eigenvalue weighted by Crippen LogP contribution is 2.15. The molecule has 0 aromatic rings. The highest BCUT2D eigenvalue weighted by Gasteiger charge is 2.32. The predicted molar refractivity (Wildman–Crippen MR) is 76.9 cm³/mol. The maximum absolute atomic E-state index is 12.4. The Morgan fingerprint density at radius 3 is 2.58 bits per heavy atom. The predicted octanol–water partition coefficient (Wildman–Crippen LogP) is 0.541. The Morgan fingerprint density at radius 2 is 2.00 bits per heavy atom. The van der Waals surface area contributed by atoms with Gasteiger partial charge in [-0.15, -0.1) is 0 Å². The molecule has 5 nitrogen and oxygen atoms in total. The van der Waals surface area contributed by atoms with Crippen molar-refractivity contribution in [3.8, 4) is 0 Å². The Labute approximate surface area is 117 Å². The Kier molecular flexibility index (Phi) is 6.23. The fourth-order valence-corrected chi connectivity index (χ4v) is 2.34. The Balaban J connectivity index is 2.52. The van der Waals surface area contributed by atoms with Crippen LogP contribution in [0.5, 0.6) is 0 Å². The van der Waals surface area contributed by atoms with Crippen molar-refractivity contribution in [1.82, 2.24) is 9.80 Å². The third-order valence-corrected chi connectivity index (χ3v) is 3.87. The summed E-state index contributed by atoms with van der Waals surface area (Å²) in [6, 6.07) is 0. The first-order chi connectivity index (χ1) is 8.90. The van der Waals surface area contributed by atoms with Crippen molar-refractivity contribution in [1.29, 1.82) is 0 Å². The summed E-state index contributed by atoms with van der Waals surface area (Å²) in [7, 11) is 1.59. The molecule has 0 radical (unpaired) electrons. The zero-order chi connectivity index (χ0) is 14.5. The van der Waals surface area contributed by atoms with Gasteiger partial charge in [-0.25, -0.2) is 0 Å². The number of ether oxygens (including phenoxy) is 1. The molecule has 1 heterocycles. The maximum Gasteiger partial charge on any atom is 0.254 e. The van der Waals surface area contributed by atoms with Crippen molar-refractivity contribution in [3.63, 3.8) is 0 Å². The summed E-state index contributed by atoms with van der Waals surface area (Å²) in [5.41, 5.74) is 4.95. The van der Waals surface area contributed by atoms with Crippen molar-refractivity contribution in [3.05, 3.63) is 0 Å². The number of methoxy groups -OCH3 is 1. The summed E-state index contributed by atoms with van der Waals surface area (Å²) in [6.07, 6.45) is 1.02. The van der Waals surface area contributed by atoms with Gasteiger partial charge in [0.15, 0.2) is 0 Å². The average molecular weight is 271 g/mol. The average Bonchev–Trinajstić information content (AvgIpc) is 2.63. The van der Waals surface area contributed by atoms with E-state index in [1.54, 1.807) is 7.11 Å². The van der Waals surface area contributed by atoms with Crippen LogP contribution in [0.1, 0.15) is 27.2 Å². The maximum atomic E-state index is 12.4. The van der Waals surface area contributed by atoms with E-state index in [4.69, 9.17) is 10.5 Å². The molecule has 19 heavy (non-hydrogen) atoms. The minimum Gasteiger partial charge on any atom is -0.369 e. The van der Waals surface area contributed by atoms with Gasteiger partial charge in [0.25, 0.3) is 5.91 Å². The van der Waals surface area contributed by atoms with Gasteiger partial charge >= 0.3 is 0 Å². The lowest BCUT2D eigenvalue weighted by Crippen LogP contribution is -2.47. The van der Waals surface area contributed by atoms with Crippen LogP contribution in [0.4, 0.5) is 0 Å². The largest absolute Gasteiger partial charge is 0.369 e. The van der Waals surface area contributed by atoms with Crippen LogP contribution in [0.25, 0.3) is 0 Å². The summed E-state index contributed by atoms with van der Waals surface area (Å²) in [6.45, 7) is 11.1. The Morgan fingerprint density at radius 1 is 1.32 bits per heavy atom. The van der Waals surface area contributed by atoms with Crippen LogP contribution in [-0.2, 0) is 9.53 Å². The van der Waals surface area contributed by atoms with Crippen molar-refractivity contribution in [2.75, 3.05) is 46.4 Å². The van der Waals surface area contributed by atoms with Crippen LogP contribution in [0.2, 0.25) is 0 Å². The van der Waals surface area contributed by atoms with Gasteiger partial charge in [0.05, 0.1) is 0 Å². The summed E-state index contributed by atoms with van der Waals surface area (Å²) in [5.74, 6) is 0.599. The van der Waals surface area contributed by atoms with Gasteiger partial charge in [0.1, 0.15) is 5.60 Å². The van der Waals surface area contributed by atoms with E-state index in [1.807, 2.05) is 18.7 Å². The van der Waals surface area contributed by atoms with E-state index in [2.05, 4.69) is 11.8 Å². The molecule has 1 amide bonds. The number of carbonyl (C=O) groups is 1. The summed E-state index contributed by atoms with van der Waals surface area (Å²) in [5, 5.41) is 0. The lowest BCUT2D eigenvalue weighted by Gasteiger charge is -2.30. The van der Waals surface area contributed by atoms with Gasteiger partial charge in [-0.1, -0.05) is 6.92 Å². The number of amides is 1. The zero-order valence-electron chi connectivity index (χ0n) is 12.8. The van der Waals surface area contributed by atoms with E-state index < -0.39 is 5.60 Å². The number of hydrogen-bond donors (Lipinski definition) is 1. The highest BCUT2D eigenvalue weighted by atomic mass is 16.5. The zero-order valence-corrected chi connectivity index (χ0v) is 12.8. The molecule has 1 atom stereocenters. The molecule has 1 saturated heterocycles. The van der Waals surface area contributed by atoms with Crippen molar-refractivity contribution in [2.24, 2.45) is 11.7 Å². The second-order valence-electron chi connectivity index (χ2n) is 6.00. The minimum absolute atomic E-state index is 0.0868. The van der Waals surface area contributed by atoms with Gasteiger partial charge < -0.3 is 20.3 Å². The first-order valence-electron chi connectivity index (χ1n) is 7.17. The van der Waals surface area contributed by atoms with Gasteiger partial charge in [0, 0.05) is 33.3 Å². The summed E-state index contributed by atoms with van der Waals surface area (Å²) >= 11 is 0. The van der Waals surface area contributed by atoms with E-state index in [9.17, 15) is 4.79 Å². The normalized spacial score (nSPS) is 20.2. The molecule has 2 N–H and O–H groups in total. The number of nitrogens with zero attached hydrogens (tertiary/aromatic N) is 2. The highest BCUT2D eigenvalue weighted by molar-refractivity contribution is 5.84. The van der Waals surface area contributed by atoms with E-state index in [0.29, 0.717) is 5.92 Å². The van der Waals surface area contributed by atoms with Crippen molar-refractivity contribution < 1.29 is 9.53 Å². The molecule has 1 aliphatic rings. The van der Waals surface area contributed by atoms with Gasteiger partial charge in [-0.05, 0) is 39.3 Å². The summed E-state index contributed by atoms with van der Waals surface area (Å²) in [4.78, 5) is 16.7. The molecule has 112 valence electrons. The van der Waals surface area contributed by atoms with Crippen molar-refractivity contribution >= 4 is 5.91 Å². The second kappa shape index (κ2) is 7.22. The first-order valence-corrected chi connectivity index (χ1v) is 7.17. The summed E-state index contributed by atoms with van der Waals surface area (Å²) < 4.78 is 5.28. The molecule has 0 saturated carbocycles. The molecule has 0 aromatic heterocycles. The fraction of sp³-hybridized carbons (Fsp3) is 0.929. The second-order valence-corrected chi connectivity index (χ2v) is 6.00. The quantitative estimate of drug-likeness (QED) is 0.793. The van der Waals surface area contributed by atoms with Crippen LogP contribution >= 0.6 is 0 Å². The fourth-order valence-electron chi connectivity index (χ4n) is 2.34. The third-order valence-electron chi connectivity index (χ3n) is 3.87. The lowest BCUT2D eigenvalue weighted by molar-refractivity contribution is -0.150. The molecule has 1 unspecified atom stereocenters. The van der Waals surface area contributed by atoms with E-state index in [0.717, 1.165) is 45.7 Å². The van der Waals surface area contributed by atoms with Crippen LogP contribution in [0, 0.1) is 5.92 Å². The molecule has 0 bridgehead atoms.